The molecule has 0 aromatic carbocycles. The highest BCUT2D eigenvalue weighted by molar-refractivity contribution is 5.94. The summed E-state index contributed by atoms with van der Waals surface area (Å²) in [6.45, 7) is 2.89. The van der Waals surface area contributed by atoms with E-state index >= 15 is 0 Å². The van der Waals surface area contributed by atoms with Crippen LogP contribution in [0.25, 0.3) is 0 Å². The molecule has 4 aliphatic carbocycles. The molecule has 142 valence electrons. The molecular weight excluding hydrogens is 332 g/mol. The van der Waals surface area contributed by atoms with Gasteiger partial charge in [-0.25, -0.2) is 0 Å². The minimum atomic E-state index is -1.70. The molecule has 26 heavy (non-hydrogen) atoms. The van der Waals surface area contributed by atoms with Gasteiger partial charge in [-0.15, -0.1) is 0 Å². The van der Waals surface area contributed by atoms with Gasteiger partial charge in [0.2, 0.25) is 0 Å². The first kappa shape index (κ1) is 15.7. The van der Waals surface area contributed by atoms with Gasteiger partial charge in [0.15, 0.2) is 11.6 Å². The molecule has 0 aromatic heterocycles. The number of allylic oxidation sites excluding steroid dienone is 1. The molecule has 3 fully saturated rings. The largest absolute Gasteiger partial charge is 0.388 e. The molecule has 0 bridgehead atoms. The van der Waals surface area contributed by atoms with Crippen molar-refractivity contribution >= 4 is 17.3 Å². The molecule has 5 unspecified atom stereocenters. The van der Waals surface area contributed by atoms with Crippen molar-refractivity contribution in [2.75, 3.05) is 6.61 Å². The molecule has 0 aromatic rings. The van der Waals surface area contributed by atoms with E-state index in [-0.39, 0.29) is 36.2 Å². The Balaban J connectivity index is 1.78. The summed E-state index contributed by atoms with van der Waals surface area (Å²) < 4.78 is 16.7. The Hall–Kier alpha value is -1.33. The van der Waals surface area contributed by atoms with Gasteiger partial charge in [0.25, 0.3) is 0 Å². The maximum absolute atomic E-state index is 13.4. The van der Waals surface area contributed by atoms with Crippen molar-refractivity contribution in [1.29, 1.82) is 0 Å². The number of Topliss-reactive ketones (excluding diaryl/α,β-unsaturated/α-hetero) is 2. The first-order chi connectivity index (χ1) is 13.0. The number of carbonyl (C=O) groups is 3. The first-order valence-electron chi connectivity index (χ1n) is 10.7. The predicted molar refractivity (Wildman–Crippen MR) is 94.1 cm³/mol. The quantitative estimate of drug-likeness (QED) is 0.784. The molecule has 2 N–H and O–H groups in total. The molecule has 4 aliphatic rings. The minimum Gasteiger partial charge on any atom is -0.388 e. The van der Waals surface area contributed by atoms with Crippen LogP contribution in [0.2, 0.25) is 0 Å². The van der Waals surface area contributed by atoms with Gasteiger partial charge in [0, 0.05) is 26.9 Å². The van der Waals surface area contributed by atoms with Crippen LogP contribution in [0.3, 0.4) is 0 Å². The molecular formula is C21H28O5. The highest BCUT2D eigenvalue weighted by Crippen LogP contribution is 2.66. The summed E-state index contributed by atoms with van der Waals surface area (Å²) >= 11 is 0. The van der Waals surface area contributed by atoms with Crippen LogP contribution < -0.4 is 0 Å². The summed E-state index contributed by atoms with van der Waals surface area (Å²) in [7, 11) is 0. The Bertz CT molecular complexity index is 794. The fraction of sp³-hybridized carbons (Fsp3) is 0.762. The van der Waals surface area contributed by atoms with Gasteiger partial charge in [0.1, 0.15) is 18.0 Å². The van der Waals surface area contributed by atoms with Crippen molar-refractivity contribution in [2.24, 2.45) is 28.6 Å². The monoisotopic (exact) mass is 362 g/mol. The summed E-state index contributed by atoms with van der Waals surface area (Å²) in [5, 5.41) is 20.5. The average Bonchev–Trinajstić information content (AvgIpc) is 2.92. The van der Waals surface area contributed by atoms with E-state index in [1.54, 1.807) is 6.92 Å². The number of hydrogen-bond acceptors (Lipinski definition) is 5. The van der Waals surface area contributed by atoms with Gasteiger partial charge < -0.3 is 10.2 Å². The van der Waals surface area contributed by atoms with E-state index in [2.05, 4.69) is 0 Å². The molecule has 0 aliphatic heterocycles. The third-order valence-corrected chi connectivity index (χ3v) is 8.01. The lowest BCUT2D eigenvalue weighted by molar-refractivity contribution is -0.170. The highest BCUT2D eigenvalue weighted by atomic mass is 16.3. The van der Waals surface area contributed by atoms with Gasteiger partial charge in [-0.1, -0.05) is 19.4 Å². The van der Waals surface area contributed by atoms with Crippen molar-refractivity contribution in [3.63, 3.8) is 0 Å². The van der Waals surface area contributed by atoms with E-state index in [0.29, 0.717) is 19.3 Å². The number of carbonyl (C=O) groups excluding carboxylic acids is 3. The fourth-order valence-electron chi connectivity index (χ4n) is 6.62. The average molecular weight is 362 g/mol. The number of aliphatic hydroxyl groups is 2. The van der Waals surface area contributed by atoms with E-state index in [9.17, 15) is 24.6 Å². The van der Waals surface area contributed by atoms with Crippen LogP contribution in [0.1, 0.15) is 61.5 Å². The molecule has 3 saturated carbocycles. The van der Waals surface area contributed by atoms with Gasteiger partial charge in [-0.2, -0.15) is 0 Å². The normalized spacial score (nSPS) is 54.5. The molecule has 0 amide bonds. The van der Waals surface area contributed by atoms with E-state index < -0.39 is 47.5 Å². The van der Waals surface area contributed by atoms with Crippen molar-refractivity contribution in [2.45, 2.75) is 64.3 Å². The lowest BCUT2D eigenvalue weighted by Gasteiger charge is -2.57. The maximum atomic E-state index is 13.4. The summed E-state index contributed by atoms with van der Waals surface area (Å²) in [4.78, 5) is 37.9. The zero-order valence-corrected chi connectivity index (χ0v) is 15.3. The zero-order chi connectivity index (χ0) is 20.6. The number of fused-ring (bicyclic) bond motifs is 5. The Morgan fingerprint density at radius 2 is 2.08 bits per heavy atom. The summed E-state index contributed by atoms with van der Waals surface area (Å²) in [6.07, 6.45) is 1.40. The van der Waals surface area contributed by atoms with Crippen molar-refractivity contribution < 1.29 is 27.3 Å². The van der Waals surface area contributed by atoms with Crippen LogP contribution in [0.4, 0.5) is 0 Å². The topological polar surface area (TPSA) is 91.7 Å². The molecule has 4 rings (SSSR count). The maximum Gasteiger partial charge on any atom is 0.190 e. The molecule has 0 saturated heterocycles. The second-order valence-corrected chi connectivity index (χ2v) is 9.02. The third kappa shape index (κ3) is 2.07. The zero-order valence-electron chi connectivity index (χ0n) is 17.3. The number of hydrogen-bond donors (Lipinski definition) is 2. The summed E-state index contributed by atoms with van der Waals surface area (Å²) in [6, 6.07) is 0. The van der Waals surface area contributed by atoms with Gasteiger partial charge >= 0.3 is 0 Å². The Labute approximate surface area is 156 Å². The fourth-order valence-corrected chi connectivity index (χ4v) is 6.62. The van der Waals surface area contributed by atoms with Crippen LogP contribution in [-0.2, 0) is 14.4 Å². The van der Waals surface area contributed by atoms with Crippen LogP contribution in [0.15, 0.2) is 11.6 Å². The van der Waals surface area contributed by atoms with Crippen LogP contribution >= 0.6 is 0 Å². The molecule has 5 nitrogen and oxygen atoms in total. The van der Waals surface area contributed by atoms with E-state index in [0.717, 1.165) is 5.57 Å². The Kier molecular flexibility index (Phi) is 3.37. The lowest BCUT2D eigenvalue weighted by Crippen LogP contribution is -2.60. The van der Waals surface area contributed by atoms with Gasteiger partial charge in [-0.3, -0.25) is 14.4 Å². The van der Waals surface area contributed by atoms with Crippen LogP contribution in [0, 0.1) is 28.6 Å². The predicted octanol–water partition coefficient (Wildman–Crippen LogP) is 1.99. The summed E-state index contributed by atoms with van der Waals surface area (Å²) in [5.41, 5.74) is -2.68. The van der Waals surface area contributed by atoms with Crippen LogP contribution in [0.5, 0.6) is 0 Å². The number of rotatable bonds is 2. The first-order valence-corrected chi connectivity index (χ1v) is 9.51. The molecule has 5 heteroatoms. The number of ketones is 3. The lowest BCUT2D eigenvalue weighted by atomic mass is 9.46. The van der Waals surface area contributed by atoms with E-state index in [1.807, 2.05) is 6.92 Å². The smallest absolute Gasteiger partial charge is 0.190 e. The van der Waals surface area contributed by atoms with Gasteiger partial charge in [-0.05, 0) is 55.4 Å². The van der Waals surface area contributed by atoms with Gasteiger partial charge in [0.05, 0.1) is 0 Å². The second-order valence-electron chi connectivity index (χ2n) is 9.02. The second kappa shape index (κ2) is 5.59. The van der Waals surface area contributed by atoms with E-state index in [4.69, 9.17) is 2.74 Å². The van der Waals surface area contributed by atoms with Crippen molar-refractivity contribution in [1.82, 2.24) is 0 Å². The van der Waals surface area contributed by atoms with E-state index in [1.165, 1.54) is 6.08 Å². The molecule has 0 radical (unpaired) electrons. The highest BCUT2D eigenvalue weighted by Gasteiger charge is 2.68. The molecule has 8 atom stereocenters. The Morgan fingerprint density at radius 1 is 1.35 bits per heavy atom. The molecule has 0 heterocycles. The SMILES string of the molecule is [2H]C1C(=O)C=C2CCC3C(C(=O)C[C@@]4(C)C3CC[C@]4(O)C(=O)CO)[C@@]2(C)C1[2H]. The molecule has 0 spiro atoms. The van der Waals surface area contributed by atoms with Crippen LogP contribution in [-0.4, -0.2) is 39.8 Å². The third-order valence-electron chi connectivity index (χ3n) is 8.01. The van der Waals surface area contributed by atoms with Crippen molar-refractivity contribution in [3.05, 3.63) is 11.6 Å². The standard InChI is InChI=1S/C21H28O5/c1-19-7-5-13(23)9-12(19)3-4-14-15-6-8-21(26,17(25)11-22)20(15,2)10-16(24)18(14)19/h9,14-15,18,22,26H,3-8,10-11H2,1-2H3/t14?,15?,18?,19-,20-,21-/m0/s1/i5D,7D/t5?,7?,14?,15?,18?,19-,20-,21-. The Morgan fingerprint density at radius 3 is 2.77 bits per heavy atom. The summed E-state index contributed by atoms with van der Waals surface area (Å²) in [5.74, 6) is -1.71. The van der Waals surface area contributed by atoms with Crippen molar-refractivity contribution in [3.8, 4) is 0 Å². The number of aliphatic hydroxyl groups excluding tert-OH is 1. The minimum absolute atomic E-state index is 0.0211.